The molecule has 29 heavy (non-hydrogen) atoms. The summed E-state index contributed by atoms with van der Waals surface area (Å²) < 4.78 is 26.9. The Morgan fingerprint density at radius 2 is 2.00 bits per heavy atom. The summed E-state index contributed by atoms with van der Waals surface area (Å²) >= 11 is 0. The van der Waals surface area contributed by atoms with Gasteiger partial charge in [0, 0.05) is 5.56 Å². The van der Waals surface area contributed by atoms with Crippen LogP contribution in [-0.2, 0) is 0 Å². The number of benzene rings is 2. The Kier molecular flexibility index (Phi) is 5.37. The molecule has 0 atom stereocenters. The van der Waals surface area contributed by atoms with Gasteiger partial charge in [0.25, 0.3) is 5.91 Å². The Morgan fingerprint density at radius 1 is 1.17 bits per heavy atom. The van der Waals surface area contributed by atoms with E-state index in [1.807, 2.05) is 0 Å². The fraction of sp³-hybridized carbons (Fsp3) is 0.300. The molecule has 1 saturated carbocycles. The molecule has 1 aliphatic rings. The number of anilines is 1. The van der Waals surface area contributed by atoms with E-state index in [2.05, 4.69) is 20.8 Å². The van der Waals surface area contributed by atoms with E-state index in [1.165, 1.54) is 36.3 Å². The highest BCUT2D eigenvalue weighted by Gasteiger charge is 2.20. The molecule has 2 aromatic carbocycles. The second-order valence-corrected chi connectivity index (χ2v) is 6.76. The van der Waals surface area contributed by atoms with Crippen molar-refractivity contribution in [3.05, 3.63) is 54.1 Å². The van der Waals surface area contributed by atoms with Gasteiger partial charge in [-0.3, -0.25) is 4.79 Å². The first-order valence-electron chi connectivity index (χ1n) is 9.33. The van der Waals surface area contributed by atoms with Gasteiger partial charge in [-0.15, -0.1) is 5.10 Å². The zero-order valence-electron chi connectivity index (χ0n) is 15.8. The van der Waals surface area contributed by atoms with Crippen molar-refractivity contribution in [3.8, 4) is 17.2 Å². The van der Waals surface area contributed by atoms with Gasteiger partial charge in [-0.05, 0) is 72.5 Å². The number of amides is 1. The Morgan fingerprint density at radius 3 is 2.72 bits per heavy atom. The lowest BCUT2D eigenvalue weighted by Gasteiger charge is -2.16. The summed E-state index contributed by atoms with van der Waals surface area (Å²) in [5.74, 6) is 0.0297. The van der Waals surface area contributed by atoms with Crippen molar-refractivity contribution in [2.45, 2.75) is 31.8 Å². The molecule has 9 heteroatoms. The predicted octanol–water partition coefficient (Wildman–Crippen LogP) is 3.38. The van der Waals surface area contributed by atoms with Crippen molar-refractivity contribution in [2.24, 2.45) is 0 Å². The minimum atomic E-state index is -0.566. The number of carbonyl (C=O) groups excluding carboxylic acids is 1. The topological polar surface area (TPSA) is 91.2 Å². The van der Waals surface area contributed by atoms with Crippen LogP contribution < -0.4 is 14.8 Å². The average molecular weight is 397 g/mol. The van der Waals surface area contributed by atoms with Crippen LogP contribution in [0.1, 0.15) is 36.0 Å². The summed E-state index contributed by atoms with van der Waals surface area (Å²) in [4.78, 5) is 12.7. The zero-order chi connectivity index (χ0) is 20.2. The maximum atomic E-state index is 14.2. The third-order valence-corrected chi connectivity index (χ3v) is 4.83. The van der Waals surface area contributed by atoms with E-state index in [0.29, 0.717) is 22.7 Å². The molecule has 0 bridgehead atoms. The first-order chi connectivity index (χ1) is 14.1. The van der Waals surface area contributed by atoms with Crippen molar-refractivity contribution in [2.75, 3.05) is 12.4 Å². The summed E-state index contributed by atoms with van der Waals surface area (Å²) in [6.07, 6.45) is 5.90. The van der Waals surface area contributed by atoms with Crippen molar-refractivity contribution < 1.29 is 18.7 Å². The van der Waals surface area contributed by atoms with Crippen LogP contribution in [0.2, 0.25) is 0 Å². The third-order valence-electron chi connectivity index (χ3n) is 4.83. The average Bonchev–Trinajstić information content (AvgIpc) is 3.44. The van der Waals surface area contributed by atoms with E-state index in [1.54, 1.807) is 18.2 Å². The highest BCUT2D eigenvalue weighted by Crippen LogP contribution is 2.32. The van der Waals surface area contributed by atoms with Crippen LogP contribution in [-0.4, -0.2) is 39.3 Å². The number of tetrazole rings is 1. The van der Waals surface area contributed by atoms with Crippen LogP contribution in [0.5, 0.6) is 11.5 Å². The maximum absolute atomic E-state index is 14.2. The molecule has 1 aliphatic carbocycles. The van der Waals surface area contributed by atoms with Gasteiger partial charge in [0.15, 0.2) is 11.5 Å². The van der Waals surface area contributed by atoms with Crippen LogP contribution in [0.3, 0.4) is 0 Å². The lowest BCUT2D eigenvalue weighted by Crippen LogP contribution is -2.15. The molecule has 0 saturated heterocycles. The van der Waals surface area contributed by atoms with E-state index >= 15 is 0 Å². The van der Waals surface area contributed by atoms with Gasteiger partial charge in [0.1, 0.15) is 12.1 Å². The largest absolute Gasteiger partial charge is 0.493 e. The highest BCUT2D eigenvalue weighted by molar-refractivity contribution is 6.04. The van der Waals surface area contributed by atoms with Crippen molar-refractivity contribution in [1.82, 2.24) is 20.2 Å². The number of hydrogen-bond donors (Lipinski definition) is 1. The minimum Gasteiger partial charge on any atom is -0.493 e. The molecule has 3 aromatic rings. The van der Waals surface area contributed by atoms with E-state index in [-0.39, 0.29) is 11.8 Å². The van der Waals surface area contributed by atoms with Crippen LogP contribution >= 0.6 is 0 Å². The second kappa shape index (κ2) is 8.26. The molecular weight excluding hydrogens is 377 g/mol. The highest BCUT2D eigenvalue weighted by atomic mass is 19.1. The molecule has 8 nitrogen and oxygen atoms in total. The van der Waals surface area contributed by atoms with Gasteiger partial charge < -0.3 is 14.8 Å². The third kappa shape index (κ3) is 4.18. The molecule has 1 fully saturated rings. The Labute approximate surface area is 166 Å². The Bertz CT molecular complexity index is 1000. The first kappa shape index (κ1) is 18.9. The second-order valence-electron chi connectivity index (χ2n) is 6.76. The van der Waals surface area contributed by atoms with Crippen molar-refractivity contribution >= 4 is 11.6 Å². The number of nitrogens with one attached hydrogen (secondary N) is 1. The fourth-order valence-corrected chi connectivity index (χ4v) is 3.32. The summed E-state index contributed by atoms with van der Waals surface area (Å²) in [7, 11) is 1.52. The van der Waals surface area contributed by atoms with Crippen molar-refractivity contribution in [3.63, 3.8) is 0 Å². The molecule has 1 amide bonds. The van der Waals surface area contributed by atoms with E-state index in [9.17, 15) is 9.18 Å². The number of aromatic nitrogens is 4. The number of rotatable bonds is 6. The number of methoxy groups -OCH3 is 1. The lowest BCUT2D eigenvalue weighted by atomic mass is 10.1. The first-order valence-corrected chi connectivity index (χ1v) is 9.33. The number of ether oxygens (including phenoxy) is 2. The molecule has 0 radical (unpaired) electrons. The summed E-state index contributed by atoms with van der Waals surface area (Å²) in [5, 5.41) is 13.4. The molecule has 150 valence electrons. The molecule has 0 unspecified atom stereocenters. The van der Waals surface area contributed by atoms with E-state index < -0.39 is 11.7 Å². The summed E-state index contributed by atoms with van der Waals surface area (Å²) in [6, 6.07) is 9.14. The minimum absolute atomic E-state index is 0.0215. The van der Waals surface area contributed by atoms with Crippen LogP contribution in [0, 0.1) is 5.82 Å². The van der Waals surface area contributed by atoms with E-state index in [4.69, 9.17) is 9.47 Å². The quantitative estimate of drug-likeness (QED) is 0.686. The van der Waals surface area contributed by atoms with Crippen LogP contribution in [0.25, 0.3) is 5.69 Å². The summed E-state index contributed by atoms with van der Waals surface area (Å²) in [5.41, 5.74) is 0.866. The molecule has 1 aromatic heterocycles. The Hall–Kier alpha value is -3.49. The monoisotopic (exact) mass is 397 g/mol. The standard InChI is InChI=1S/C20H20FN5O3/c1-28-19-10-13(6-9-18(19)29-15-4-2-3-5-15)20(27)23-17-11-14(7-8-16(17)21)26-12-22-24-25-26/h6-12,15H,2-5H2,1H3,(H,23,27). The molecule has 0 aliphatic heterocycles. The number of carbonyl (C=O) groups is 1. The molecule has 0 spiro atoms. The van der Waals surface area contributed by atoms with Gasteiger partial charge >= 0.3 is 0 Å². The molecule has 1 N–H and O–H groups in total. The van der Waals surface area contributed by atoms with Gasteiger partial charge in [0.2, 0.25) is 0 Å². The van der Waals surface area contributed by atoms with Gasteiger partial charge in [-0.25, -0.2) is 9.07 Å². The van der Waals surface area contributed by atoms with Crippen LogP contribution in [0.4, 0.5) is 10.1 Å². The normalized spacial score (nSPS) is 14.0. The number of halogens is 1. The van der Waals surface area contributed by atoms with Crippen molar-refractivity contribution in [1.29, 1.82) is 0 Å². The predicted molar refractivity (Wildman–Crippen MR) is 103 cm³/mol. The molecule has 1 heterocycles. The summed E-state index contributed by atoms with van der Waals surface area (Å²) in [6.45, 7) is 0. The van der Waals surface area contributed by atoms with Crippen LogP contribution in [0.15, 0.2) is 42.7 Å². The maximum Gasteiger partial charge on any atom is 0.255 e. The number of hydrogen-bond acceptors (Lipinski definition) is 6. The molecular formula is C20H20FN5O3. The molecule has 4 rings (SSSR count). The zero-order valence-corrected chi connectivity index (χ0v) is 15.8. The number of nitrogens with zero attached hydrogens (tertiary/aromatic N) is 4. The lowest BCUT2D eigenvalue weighted by molar-refractivity contribution is 0.102. The smallest absolute Gasteiger partial charge is 0.255 e. The SMILES string of the molecule is COc1cc(C(=O)Nc2cc(-n3cnnn3)ccc2F)ccc1OC1CCCC1. The van der Waals surface area contributed by atoms with Gasteiger partial charge in [-0.1, -0.05) is 0 Å². The fourth-order valence-electron chi connectivity index (χ4n) is 3.32. The Balaban J connectivity index is 1.53. The van der Waals surface area contributed by atoms with Gasteiger partial charge in [0.05, 0.1) is 24.6 Å². The van der Waals surface area contributed by atoms with E-state index in [0.717, 1.165) is 25.7 Å². The van der Waals surface area contributed by atoms with Gasteiger partial charge in [-0.2, -0.15) is 0 Å².